The van der Waals surface area contributed by atoms with E-state index in [9.17, 15) is 72.5 Å². The number of thioether (sulfide) groups is 2. The second kappa shape index (κ2) is 36.1. The molecule has 0 unspecified atom stereocenters. The first kappa shape index (κ1) is 67.1. The summed E-state index contributed by atoms with van der Waals surface area (Å²) in [6.45, 7) is 3.06. The van der Waals surface area contributed by atoms with E-state index in [2.05, 4.69) is 60.5 Å². The van der Waals surface area contributed by atoms with Gasteiger partial charge in [-0.25, -0.2) is 4.79 Å². The topological polar surface area (TPSA) is 475 Å². The second-order valence-electron chi connectivity index (χ2n) is 17.0. The maximum Gasteiger partial charge on any atom is 0.326 e. The summed E-state index contributed by atoms with van der Waals surface area (Å²) in [5, 5.41) is 40.4. The molecule has 12 amide bonds. The summed E-state index contributed by atoms with van der Waals surface area (Å²) in [7, 11) is 0. The number of nitrogens with two attached hydrogens (primary N) is 4. The highest BCUT2D eigenvalue weighted by Crippen LogP contribution is 2.10. The number of hydrogen-bond acceptors (Lipinski definition) is 18. The smallest absolute Gasteiger partial charge is 0.326 e. The van der Waals surface area contributed by atoms with Gasteiger partial charge < -0.3 is 81.0 Å². The van der Waals surface area contributed by atoms with E-state index in [1.807, 2.05) is 20.1 Å². The van der Waals surface area contributed by atoms with Crippen LogP contribution in [0.2, 0.25) is 0 Å². The maximum atomic E-state index is 13.7. The normalized spacial score (nSPS) is 14.6. The Morgan fingerprint density at radius 1 is 0.493 bits per heavy atom. The lowest BCUT2D eigenvalue weighted by Gasteiger charge is -2.27. The first-order chi connectivity index (χ1) is 34.2. The molecule has 0 aromatic heterocycles. The minimum Gasteiger partial charge on any atom is -0.480 e. The van der Waals surface area contributed by atoms with Crippen molar-refractivity contribution in [3.63, 3.8) is 0 Å². The Bertz CT molecular complexity index is 1940. The van der Waals surface area contributed by atoms with Crippen LogP contribution in [0.15, 0.2) is 0 Å². The highest BCUT2D eigenvalue weighted by atomic mass is 32.2. The average Bonchev–Trinajstić information content (AvgIpc) is 3.32. The van der Waals surface area contributed by atoms with Crippen LogP contribution in [0.25, 0.3) is 0 Å². The van der Waals surface area contributed by atoms with Crippen molar-refractivity contribution in [1.29, 1.82) is 0 Å². The lowest BCUT2D eigenvalue weighted by Crippen LogP contribution is -2.59. The number of aliphatic carboxylic acids is 1. The second-order valence-corrected chi connectivity index (χ2v) is 19.3. The van der Waals surface area contributed by atoms with Crippen LogP contribution in [0, 0.1) is 5.92 Å². The van der Waals surface area contributed by atoms with Crippen molar-refractivity contribution >= 4 is 113 Å². The molecule has 0 aromatic carbocycles. The molecule has 28 nitrogen and oxygen atoms in total. The van der Waals surface area contributed by atoms with Crippen molar-refractivity contribution in [3.8, 4) is 0 Å². The number of hydrogen-bond donors (Lipinski definition) is 16. The fourth-order valence-corrected chi connectivity index (χ4v) is 7.43. The molecule has 0 aliphatic heterocycles. The zero-order valence-corrected chi connectivity index (χ0v) is 44.0. The monoisotopic (exact) mass is 1100 g/mol. The summed E-state index contributed by atoms with van der Waals surface area (Å²) in [5.41, 5.74) is 21.6. The van der Waals surface area contributed by atoms with Gasteiger partial charge in [0.05, 0.1) is 19.2 Å². The summed E-state index contributed by atoms with van der Waals surface area (Å²) >= 11 is 6.85. The first-order valence-electron chi connectivity index (χ1n) is 22.9. The third-order valence-electron chi connectivity index (χ3n) is 10.3. The number of rotatable bonds is 38. The number of primary amides is 3. The molecule has 0 aliphatic carbocycles. The number of carboxylic acid groups (broad SMARTS) is 1. The van der Waals surface area contributed by atoms with Crippen molar-refractivity contribution in [1.82, 2.24) is 47.9 Å². The minimum atomic E-state index is -1.75. The van der Waals surface area contributed by atoms with Crippen LogP contribution in [0.3, 0.4) is 0 Å². The van der Waals surface area contributed by atoms with Crippen LogP contribution in [-0.4, -0.2) is 184 Å². The van der Waals surface area contributed by atoms with Crippen LogP contribution in [0.5, 0.6) is 0 Å². The van der Waals surface area contributed by atoms with Gasteiger partial charge in [0.25, 0.3) is 0 Å². The maximum absolute atomic E-state index is 13.7. The molecule has 19 N–H and O–H groups in total. The molecule has 31 heteroatoms. The molecule has 0 radical (unpaired) electrons. The first-order valence-corrected chi connectivity index (χ1v) is 26.4. The van der Waals surface area contributed by atoms with Crippen LogP contribution in [0.1, 0.15) is 78.6 Å². The van der Waals surface area contributed by atoms with Gasteiger partial charge in [-0.15, -0.1) is 0 Å². The SMILES string of the molecule is CSCC[C@H](NC(=O)[C@H](CCC(N)=O)NC(=O)[C@H](CC(C)C)NC(=O)[C@@H](N)CCSC)C(=O)N[C@@H](C)C(=O)NCC(=O)N[C@@H](CCC(N)=O)C(=O)N[C@@H](CS)C(=O)N[C@@H](CO)C(=O)N[C@@H](CCC(N)=O)C(=O)O. The number of carbonyl (C=O) groups is 13. The predicted octanol–water partition coefficient (Wildman–Crippen LogP) is -6.32. The van der Waals surface area contributed by atoms with Gasteiger partial charge in [-0.05, 0) is 75.4 Å². The largest absolute Gasteiger partial charge is 0.480 e. The summed E-state index contributed by atoms with van der Waals surface area (Å²) in [4.78, 5) is 165. The molecule has 9 atom stereocenters. The van der Waals surface area contributed by atoms with E-state index >= 15 is 0 Å². The third kappa shape index (κ3) is 28.2. The van der Waals surface area contributed by atoms with Gasteiger partial charge in [-0.3, -0.25) is 57.5 Å². The number of carbonyl (C=O) groups excluding carboxylic acids is 12. The minimum absolute atomic E-state index is 0.0284. The molecule has 0 bridgehead atoms. The van der Waals surface area contributed by atoms with Crippen LogP contribution < -0.4 is 70.8 Å². The predicted molar refractivity (Wildman–Crippen MR) is 271 cm³/mol. The summed E-state index contributed by atoms with van der Waals surface area (Å²) in [5.74, 6) is -11.9. The fraction of sp³-hybridized carbons (Fsp3) is 0.690. The van der Waals surface area contributed by atoms with Gasteiger partial charge in [-0.1, -0.05) is 13.8 Å². The highest BCUT2D eigenvalue weighted by Gasteiger charge is 2.34. The molecule has 414 valence electrons. The molecular formula is C42H73N13O15S3. The average molecular weight is 1100 g/mol. The third-order valence-corrected chi connectivity index (χ3v) is 12.0. The van der Waals surface area contributed by atoms with Crippen molar-refractivity contribution in [2.24, 2.45) is 28.9 Å². The zero-order chi connectivity index (χ0) is 56.0. The van der Waals surface area contributed by atoms with E-state index in [0.717, 1.165) is 0 Å². The number of thiol groups is 1. The fourth-order valence-electron chi connectivity index (χ4n) is 6.21. The van der Waals surface area contributed by atoms with Crippen molar-refractivity contribution < 1.29 is 72.5 Å². The number of amides is 12. The quantitative estimate of drug-likeness (QED) is 0.0256. The number of carboxylic acids is 1. The molecule has 0 fully saturated rings. The summed E-state index contributed by atoms with van der Waals surface area (Å²) in [6.07, 6.45) is 1.85. The Balaban J connectivity index is 5.94. The Morgan fingerprint density at radius 3 is 1.34 bits per heavy atom. The molecule has 0 saturated heterocycles. The van der Waals surface area contributed by atoms with Gasteiger partial charge in [-0.2, -0.15) is 36.2 Å². The molecule has 0 spiro atoms. The summed E-state index contributed by atoms with van der Waals surface area (Å²) < 4.78 is 0. The zero-order valence-electron chi connectivity index (χ0n) is 41.4. The molecular weight excluding hydrogens is 1020 g/mol. The van der Waals surface area contributed by atoms with Gasteiger partial charge in [0.1, 0.15) is 48.3 Å². The van der Waals surface area contributed by atoms with E-state index < -0.39 is 176 Å². The molecule has 73 heavy (non-hydrogen) atoms. The van der Waals surface area contributed by atoms with Gasteiger partial charge in [0.15, 0.2) is 0 Å². The van der Waals surface area contributed by atoms with Crippen LogP contribution in [-0.2, 0) is 62.3 Å². The van der Waals surface area contributed by atoms with E-state index in [-0.39, 0.29) is 31.6 Å². The molecule has 0 aromatic rings. The lowest BCUT2D eigenvalue weighted by atomic mass is 10.0. The van der Waals surface area contributed by atoms with Crippen LogP contribution >= 0.6 is 36.2 Å². The Kier molecular flexibility index (Phi) is 33.1. The molecule has 0 rings (SSSR count). The number of aliphatic hydroxyl groups is 1. The highest BCUT2D eigenvalue weighted by molar-refractivity contribution is 7.98. The number of aliphatic hydroxyl groups excluding tert-OH is 1. The summed E-state index contributed by atoms with van der Waals surface area (Å²) in [6, 6.07) is -12.5. The van der Waals surface area contributed by atoms with E-state index in [4.69, 9.17) is 22.9 Å². The van der Waals surface area contributed by atoms with Gasteiger partial charge >= 0.3 is 5.97 Å². The van der Waals surface area contributed by atoms with E-state index in [1.54, 1.807) is 6.26 Å². The van der Waals surface area contributed by atoms with Crippen molar-refractivity contribution in [2.75, 3.05) is 42.9 Å². The Labute approximate surface area is 436 Å². The van der Waals surface area contributed by atoms with Crippen molar-refractivity contribution in [2.45, 2.75) is 133 Å². The molecule has 0 heterocycles. The van der Waals surface area contributed by atoms with Crippen LogP contribution in [0.4, 0.5) is 0 Å². The Morgan fingerprint density at radius 2 is 0.877 bits per heavy atom. The van der Waals surface area contributed by atoms with Crippen molar-refractivity contribution in [3.05, 3.63) is 0 Å². The van der Waals surface area contributed by atoms with E-state index in [1.165, 1.54) is 30.4 Å². The number of nitrogens with one attached hydrogen (secondary N) is 9. The molecule has 0 saturated carbocycles. The lowest BCUT2D eigenvalue weighted by molar-refractivity contribution is -0.143. The van der Waals surface area contributed by atoms with Gasteiger partial charge in [0.2, 0.25) is 70.9 Å². The van der Waals surface area contributed by atoms with Gasteiger partial charge in [0, 0.05) is 25.0 Å². The standard InChI is InChI=1S/C42H73N13O15S3/c1-20(2)16-27(53-35(62)22(43)12-14-72-4)39(66)50-24(7-10-31(45)58)38(65)51-25(13-15-73-5)36(63)48-21(3)34(61)47-17-33(60)49-23(6-9-30(44)57)37(64)55-29(19-71)41(68)54-28(18-56)40(67)52-26(42(69)70)8-11-32(46)59/h20-29,56,71H,6-19,43H2,1-5H3,(H2,44,57)(H2,45,58)(H2,46,59)(H,47,61)(H,48,63)(H,49,60)(H,50,66)(H,51,65)(H,52,67)(H,53,62)(H,54,68)(H,55,64)(H,69,70)/t21-,22-,23-,24-,25-,26-,27-,28-,29-/m0/s1. The molecule has 0 aliphatic rings. The van der Waals surface area contributed by atoms with E-state index in [0.29, 0.717) is 17.9 Å². The Hall–Kier alpha value is -5.92.